The van der Waals surface area contributed by atoms with E-state index in [0.29, 0.717) is 12.1 Å². The van der Waals surface area contributed by atoms with Gasteiger partial charge in [0.2, 0.25) is 0 Å². The number of hydrogen-bond donors (Lipinski definition) is 0. The minimum absolute atomic E-state index is 0.390. The molecule has 1 heterocycles. The predicted molar refractivity (Wildman–Crippen MR) is 105 cm³/mol. The lowest BCUT2D eigenvalue weighted by Crippen LogP contribution is -2.23. The fourth-order valence-electron chi connectivity index (χ4n) is 2.72. The molecule has 2 aromatic carbocycles. The first-order chi connectivity index (χ1) is 13.2. The largest absolute Gasteiger partial charge is 0.465 e. The molecule has 3 rings (SSSR count). The van der Waals surface area contributed by atoms with Crippen molar-refractivity contribution in [2.24, 2.45) is 0 Å². The smallest absolute Gasteiger partial charge is 0.339 e. The summed E-state index contributed by atoms with van der Waals surface area (Å²) in [5.41, 5.74) is 1.49. The molecule has 0 fully saturated rings. The number of esters is 1. The first kappa shape index (κ1) is 18.5. The Kier molecular flexibility index (Phi) is 6.05. The van der Waals surface area contributed by atoms with Crippen molar-refractivity contribution in [3.63, 3.8) is 0 Å². The lowest BCUT2D eigenvalue weighted by Gasteiger charge is -2.23. The van der Waals surface area contributed by atoms with Crippen LogP contribution in [0.5, 0.6) is 11.5 Å². The number of benzene rings is 2. The molecule has 0 atom stereocenters. The second-order valence-electron chi connectivity index (χ2n) is 5.93. The fraction of sp³-hybridized carbons (Fsp3) is 0.182. The van der Waals surface area contributed by atoms with Crippen molar-refractivity contribution in [2.45, 2.75) is 13.5 Å². The molecule has 138 valence electrons. The van der Waals surface area contributed by atoms with E-state index in [1.165, 1.54) is 13.3 Å². The Hall–Kier alpha value is -3.34. The summed E-state index contributed by atoms with van der Waals surface area (Å²) in [5, 5.41) is 0. The van der Waals surface area contributed by atoms with Crippen LogP contribution >= 0.6 is 0 Å². The van der Waals surface area contributed by atoms with Crippen molar-refractivity contribution >= 4 is 11.8 Å². The van der Waals surface area contributed by atoms with E-state index in [1.54, 1.807) is 6.07 Å². The summed E-state index contributed by atoms with van der Waals surface area (Å²) in [6.07, 6.45) is 1.54. The number of anilines is 1. The number of methoxy groups -OCH3 is 1. The molecule has 1 aromatic heterocycles. The third kappa shape index (κ3) is 4.64. The third-order valence-electron chi connectivity index (χ3n) is 4.18. The first-order valence-electron chi connectivity index (χ1n) is 8.81. The second kappa shape index (κ2) is 8.85. The summed E-state index contributed by atoms with van der Waals surface area (Å²) in [5.74, 6) is 2.01. The average molecular weight is 362 g/mol. The van der Waals surface area contributed by atoms with E-state index in [2.05, 4.69) is 16.8 Å². The van der Waals surface area contributed by atoms with Crippen LogP contribution in [0.2, 0.25) is 0 Å². The van der Waals surface area contributed by atoms with E-state index >= 15 is 0 Å². The highest BCUT2D eigenvalue weighted by Crippen LogP contribution is 2.27. The van der Waals surface area contributed by atoms with Crippen LogP contribution in [0.3, 0.4) is 0 Å². The molecular formula is C22H22N2O3. The maximum absolute atomic E-state index is 11.6. The number of rotatable bonds is 7. The number of para-hydroxylation sites is 2. The van der Waals surface area contributed by atoms with Gasteiger partial charge in [0.15, 0.2) is 0 Å². The molecule has 0 unspecified atom stereocenters. The Morgan fingerprint density at radius 1 is 1.00 bits per heavy atom. The molecule has 5 nitrogen and oxygen atoms in total. The summed E-state index contributed by atoms with van der Waals surface area (Å²) in [6.45, 7) is 3.48. The predicted octanol–water partition coefficient (Wildman–Crippen LogP) is 4.69. The van der Waals surface area contributed by atoms with E-state index < -0.39 is 5.97 Å². The second-order valence-corrected chi connectivity index (χ2v) is 5.93. The number of aromatic nitrogens is 1. The summed E-state index contributed by atoms with van der Waals surface area (Å²) >= 11 is 0. The molecule has 0 aliphatic heterocycles. The standard InChI is InChI=1S/C22H22N2O3/c1-3-24(21-14-13-17(15-23-21)22(25)26-2)16-18-9-7-8-12-20(18)27-19-10-5-4-6-11-19/h4-15H,3,16H2,1-2H3. The van der Waals surface area contributed by atoms with Crippen molar-refractivity contribution < 1.29 is 14.3 Å². The molecule has 0 amide bonds. The van der Waals surface area contributed by atoms with Crippen LogP contribution in [0.25, 0.3) is 0 Å². The molecule has 0 spiro atoms. The van der Waals surface area contributed by atoms with E-state index in [0.717, 1.165) is 29.4 Å². The molecule has 0 saturated carbocycles. The molecule has 0 N–H and O–H groups in total. The summed E-state index contributed by atoms with van der Waals surface area (Å²) < 4.78 is 10.8. The summed E-state index contributed by atoms with van der Waals surface area (Å²) in [4.78, 5) is 18.1. The summed E-state index contributed by atoms with van der Waals surface area (Å²) in [7, 11) is 1.36. The molecule has 27 heavy (non-hydrogen) atoms. The van der Waals surface area contributed by atoms with Crippen molar-refractivity contribution in [3.8, 4) is 11.5 Å². The lowest BCUT2D eigenvalue weighted by molar-refractivity contribution is 0.0600. The minimum Gasteiger partial charge on any atom is -0.465 e. The van der Waals surface area contributed by atoms with Crippen LogP contribution in [0.15, 0.2) is 72.9 Å². The zero-order chi connectivity index (χ0) is 19.1. The van der Waals surface area contributed by atoms with Gasteiger partial charge < -0.3 is 14.4 Å². The van der Waals surface area contributed by atoms with Crippen molar-refractivity contribution in [2.75, 3.05) is 18.6 Å². The summed E-state index contributed by atoms with van der Waals surface area (Å²) in [6, 6.07) is 21.2. The van der Waals surface area contributed by atoms with Gasteiger partial charge in [-0.1, -0.05) is 36.4 Å². The van der Waals surface area contributed by atoms with E-state index in [-0.39, 0.29) is 0 Å². The molecule has 3 aromatic rings. The molecule has 5 heteroatoms. The Balaban J connectivity index is 1.79. The number of hydrogen-bond acceptors (Lipinski definition) is 5. The zero-order valence-corrected chi connectivity index (χ0v) is 15.5. The number of ether oxygens (including phenoxy) is 2. The van der Waals surface area contributed by atoms with Crippen LogP contribution in [0.1, 0.15) is 22.8 Å². The van der Waals surface area contributed by atoms with Gasteiger partial charge in [-0.3, -0.25) is 0 Å². The minimum atomic E-state index is -0.390. The van der Waals surface area contributed by atoms with Gasteiger partial charge in [-0.05, 0) is 37.3 Å². The molecular weight excluding hydrogens is 340 g/mol. The number of nitrogens with zero attached hydrogens (tertiary/aromatic N) is 2. The van der Waals surface area contributed by atoms with Gasteiger partial charge in [-0.15, -0.1) is 0 Å². The number of carbonyl (C=O) groups excluding carboxylic acids is 1. The maximum atomic E-state index is 11.6. The zero-order valence-electron chi connectivity index (χ0n) is 15.5. The van der Waals surface area contributed by atoms with Crippen LogP contribution in [-0.2, 0) is 11.3 Å². The Bertz CT molecular complexity index is 880. The van der Waals surface area contributed by atoms with Crippen molar-refractivity contribution in [1.82, 2.24) is 4.98 Å². The van der Waals surface area contributed by atoms with Gasteiger partial charge >= 0.3 is 5.97 Å². The van der Waals surface area contributed by atoms with Gasteiger partial charge in [0, 0.05) is 24.8 Å². The van der Waals surface area contributed by atoms with Gasteiger partial charge in [0.25, 0.3) is 0 Å². The number of pyridine rings is 1. The van der Waals surface area contributed by atoms with E-state index in [9.17, 15) is 4.79 Å². The Morgan fingerprint density at radius 3 is 2.41 bits per heavy atom. The molecule has 0 aliphatic rings. The SMILES string of the molecule is CCN(Cc1ccccc1Oc1ccccc1)c1ccc(C(=O)OC)cn1. The van der Waals surface area contributed by atoms with E-state index in [4.69, 9.17) is 9.47 Å². The first-order valence-corrected chi connectivity index (χ1v) is 8.81. The highest BCUT2D eigenvalue weighted by Gasteiger charge is 2.12. The van der Waals surface area contributed by atoms with E-state index in [1.807, 2.05) is 60.7 Å². The van der Waals surface area contributed by atoms with Crippen molar-refractivity contribution in [1.29, 1.82) is 0 Å². The van der Waals surface area contributed by atoms with Gasteiger partial charge in [-0.2, -0.15) is 0 Å². The molecule has 0 radical (unpaired) electrons. The highest BCUT2D eigenvalue weighted by molar-refractivity contribution is 5.89. The highest BCUT2D eigenvalue weighted by atomic mass is 16.5. The molecule has 0 aliphatic carbocycles. The van der Waals surface area contributed by atoms with Gasteiger partial charge in [-0.25, -0.2) is 9.78 Å². The van der Waals surface area contributed by atoms with Crippen LogP contribution in [-0.4, -0.2) is 24.6 Å². The normalized spacial score (nSPS) is 10.3. The lowest BCUT2D eigenvalue weighted by atomic mass is 10.1. The fourth-order valence-corrected chi connectivity index (χ4v) is 2.72. The third-order valence-corrected chi connectivity index (χ3v) is 4.18. The van der Waals surface area contributed by atoms with Crippen molar-refractivity contribution in [3.05, 3.63) is 84.1 Å². The Labute approximate surface area is 159 Å². The van der Waals surface area contributed by atoms with Crippen LogP contribution < -0.4 is 9.64 Å². The van der Waals surface area contributed by atoms with Gasteiger partial charge in [0.1, 0.15) is 17.3 Å². The van der Waals surface area contributed by atoms with Crippen LogP contribution in [0, 0.1) is 0 Å². The number of carbonyl (C=O) groups is 1. The van der Waals surface area contributed by atoms with Crippen LogP contribution in [0.4, 0.5) is 5.82 Å². The quantitative estimate of drug-likeness (QED) is 0.571. The topological polar surface area (TPSA) is 51.7 Å². The molecule has 0 bridgehead atoms. The Morgan fingerprint density at radius 2 is 1.74 bits per heavy atom. The van der Waals surface area contributed by atoms with Gasteiger partial charge in [0.05, 0.1) is 12.7 Å². The maximum Gasteiger partial charge on any atom is 0.339 e. The molecule has 0 saturated heterocycles. The monoisotopic (exact) mass is 362 g/mol. The average Bonchev–Trinajstić information content (AvgIpc) is 2.73.